The molecule has 6 nitrogen and oxygen atoms in total. The molecule has 1 aromatic rings. The van der Waals surface area contributed by atoms with E-state index >= 15 is 0 Å². The lowest BCUT2D eigenvalue weighted by Crippen LogP contribution is -2.17. The van der Waals surface area contributed by atoms with Gasteiger partial charge in [0.2, 0.25) is 0 Å². The summed E-state index contributed by atoms with van der Waals surface area (Å²) in [5, 5.41) is 8.43. The fourth-order valence-electron chi connectivity index (χ4n) is 1.93. The Labute approximate surface area is 109 Å². The maximum absolute atomic E-state index is 5.60. The molecule has 1 heterocycles. The van der Waals surface area contributed by atoms with Crippen LogP contribution in [0.2, 0.25) is 0 Å². The first-order chi connectivity index (χ1) is 8.60. The molecule has 0 aliphatic carbocycles. The Bertz CT molecular complexity index is 350. The third kappa shape index (κ3) is 4.04. The van der Waals surface area contributed by atoms with Gasteiger partial charge < -0.3 is 15.4 Å². The van der Waals surface area contributed by atoms with E-state index in [2.05, 4.69) is 29.3 Å². The second-order valence-electron chi connectivity index (χ2n) is 4.72. The lowest BCUT2D eigenvalue weighted by atomic mass is 10.1. The van der Waals surface area contributed by atoms with Crippen LogP contribution in [-0.4, -0.2) is 54.2 Å². The van der Waals surface area contributed by atoms with Crippen LogP contribution in [0.25, 0.3) is 0 Å². The van der Waals surface area contributed by atoms with E-state index in [1.807, 2.05) is 11.6 Å². The van der Waals surface area contributed by atoms with Crippen LogP contribution < -0.4 is 5.73 Å². The zero-order valence-corrected chi connectivity index (χ0v) is 11.9. The van der Waals surface area contributed by atoms with Gasteiger partial charge in [0.15, 0.2) is 0 Å². The summed E-state index contributed by atoms with van der Waals surface area (Å²) < 4.78 is 7.34. The lowest BCUT2D eigenvalue weighted by molar-refractivity contribution is 0.110. The van der Waals surface area contributed by atoms with Crippen molar-refractivity contribution in [3.8, 4) is 0 Å². The molecule has 1 aromatic heterocycles. The first kappa shape index (κ1) is 15.1. The van der Waals surface area contributed by atoms with Gasteiger partial charge in [-0.05, 0) is 40.5 Å². The quantitative estimate of drug-likeness (QED) is 0.730. The minimum atomic E-state index is 0.000839. The fraction of sp³-hybridized carbons (Fsp3) is 0.833. The van der Waals surface area contributed by atoms with Crippen molar-refractivity contribution in [2.75, 3.05) is 34.3 Å². The van der Waals surface area contributed by atoms with Gasteiger partial charge in [0, 0.05) is 20.1 Å². The molecule has 0 saturated carbocycles. The summed E-state index contributed by atoms with van der Waals surface area (Å²) in [6, 6.07) is 0. The Morgan fingerprint density at radius 1 is 1.44 bits per heavy atom. The SMILES string of the molecule is COC(C)c1c(CCN)nnn1CCCN(C)C. The van der Waals surface area contributed by atoms with E-state index in [0.717, 1.165) is 37.3 Å². The lowest BCUT2D eigenvalue weighted by Gasteiger charge is -2.14. The average molecular weight is 255 g/mol. The number of rotatable bonds is 8. The number of nitrogens with two attached hydrogens (primary N) is 1. The van der Waals surface area contributed by atoms with E-state index < -0.39 is 0 Å². The van der Waals surface area contributed by atoms with Gasteiger partial charge in [0.25, 0.3) is 0 Å². The number of hydrogen-bond donors (Lipinski definition) is 1. The average Bonchev–Trinajstić information content (AvgIpc) is 2.71. The van der Waals surface area contributed by atoms with Gasteiger partial charge in [-0.15, -0.1) is 5.10 Å². The molecule has 104 valence electrons. The second-order valence-corrected chi connectivity index (χ2v) is 4.72. The van der Waals surface area contributed by atoms with Crippen LogP contribution in [0, 0.1) is 0 Å². The van der Waals surface area contributed by atoms with Gasteiger partial charge in [-0.3, -0.25) is 0 Å². The second kappa shape index (κ2) is 7.45. The summed E-state index contributed by atoms with van der Waals surface area (Å²) in [7, 11) is 5.84. The molecule has 0 fully saturated rings. The van der Waals surface area contributed by atoms with Gasteiger partial charge in [0.05, 0.1) is 17.5 Å². The van der Waals surface area contributed by atoms with Crippen molar-refractivity contribution in [1.29, 1.82) is 0 Å². The molecule has 1 atom stereocenters. The number of ether oxygens (including phenoxy) is 1. The summed E-state index contributed by atoms with van der Waals surface area (Å²) in [5.41, 5.74) is 7.61. The molecule has 0 amide bonds. The molecule has 2 N–H and O–H groups in total. The number of nitrogens with zero attached hydrogens (tertiary/aromatic N) is 4. The highest BCUT2D eigenvalue weighted by molar-refractivity contribution is 5.13. The first-order valence-electron chi connectivity index (χ1n) is 6.40. The van der Waals surface area contributed by atoms with E-state index in [4.69, 9.17) is 10.5 Å². The predicted octanol–water partition coefficient (Wildman–Crippen LogP) is 0.438. The van der Waals surface area contributed by atoms with Gasteiger partial charge in [-0.2, -0.15) is 0 Å². The van der Waals surface area contributed by atoms with Crippen molar-refractivity contribution in [3.63, 3.8) is 0 Å². The summed E-state index contributed by atoms with van der Waals surface area (Å²) in [5.74, 6) is 0. The van der Waals surface area contributed by atoms with Crippen LogP contribution in [0.15, 0.2) is 0 Å². The monoisotopic (exact) mass is 255 g/mol. The van der Waals surface area contributed by atoms with Crippen molar-refractivity contribution in [3.05, 3.63) is 11.4 Å². The molecule has 1 unspecified atom stereocenters. The largest absolute Gasteiger partial charge is 0.375 e. The predicted molar refractivity (Wildman–Crippen MR) is 71.4 cm³/mol. The molecule has 6 heteroatoms. The maximum Gasteiger partial charge on any atom is 0.0978 e. The standard InChI is InChI=1S/C12H25N5O/c1-10(18-4)12-11(6-7-13)14-15-17(12)9-5-8-16(2)3/h10H,5-9,13H2,1-4H3. The normalized spacial score (nSPS) is 13.2. The zero-order chi connectivity index (χ0) is 13.5. The van der Waals surface area contributed by atoms with Crippen molar-refractivity contribution in [2.45, 2.75) is 32.4 Å². The van der Waals surface area contributed by atoms with Crippen molar-refractivity contribution in [1.82, 2.24) is 19.9 Å². The first-order valence-corrected chi connectivity index (χ1v) is 6.40. The van der Waals surface area contributed by atoms with Gasteiger partial charge in [0.1, 0.15) is 0 Å². The molecule has 0 saturated heterocycles. The van der Waals surface area contributed by atoms with Crippen molar-refractivity contribution < 1.29 is 4.74 Å². The zero-order valence-electron chi connectivity index (χ0n) is 11.9. The summed E-state index contributed by atoms with van der Waals surface area (Å²) in [4.78, 5) is 2.16. The molecule has 18 heavy (non-hydrogen) atoms. The van der Waals surface area contributed by atoms with E-state index in [9.17, 15) is 0 Å². The Hall–Kier alpha value is -0.980. The molecule has 0 radical (unpaired) electrons. The summed E-state index contributed by atoms with van der Waals surface area (Å²) in [6.45, 7) is 4.49. The molecule has 0 bridgehead atoms. The van der Waals surface area contributed by atoms with Crippen molar-refractivity contribution >= 4 is 0 Å². The third-order valence-electron chi connectivity index (χ3n) is 2.94. The van der Waals surface area contributed by atoms with Gasteiger partial charge >= 0.3 is 0 Å². The van der Waals surface area contributed by atoms with E-state index in [-0.39, 0.29) is 6.10 Å². The Balaban J connectivity index is 2.76. The Morgan fingerprint density at radius 3 is 2.72 bits per heavy atom. The van der Waals surface area contributed by atoms with Crippen LogP contribution in [0.5, 0.6) is 0 Å². The highest BCUT2D eigenvalue weighted by atomic mass is 16.5. The number of hydrogen-bond acceptors (Lipinski definition) is 5. The molecule has 0 spiro atoms. The smallest absolute Gasteiger partial charge is 0.0978 e. The molecular weight excluding hydrogens is 230 g/mol. The number of aromatic nitrogens is 3. The molecule has 0 aliphatic heterocycles. The van der Waals surface area contributed by atoms with Crippen LogP contribution in [0.4, 0.5) is 0 Å². The molecule has 0 aliphatic rings. The van der Waals surface area contributed by atoms with Crippen LogP contribution in [-0.2, 0) is 17.7 Å². The molecule has 1 rings (SSSR count). The van der Waals surface area contributed by atoms with Crippen LogP contribution in [0.1, 0.15) is 30.8 Å². The highest BCUT2D eigenvalue weighted by Crippen LogP contribution is 2.19. The highest BCUT2D eigenvalue weighted by Gasteiger charge is 2.18. The number of methoxy groups -OCH3 is 1. The Morgan fingerprint density at radius 2 is 2.17 bits per heavy atom. The molecule has 0 aromatic carbocycles. The van der Waals surface area contributed by atoms with E-state index in [1.54, 1.807) is 7.11 Å². The molecular formula is C12H25N5O. The fourth-order valence-corrected chi connectivity index (χ4v) is 1.93. The van der Waals surface area contributed by atoms with E-state index in [1.165, 1.54) is 0 Å². The Kier molecular flexibility index (Phi) is 6.24. The maximum atomic E-state index is 5.60. The van der Waals surface area contributed by atoms with Crippen molar-refractivity contribution in [2.24, 2.45) is 5.73 Å². The van der Waals surface area contributed by atoms with Gasteiger partial charge in [-0.25, -0.2) is 4.68 Å². The van der Waals surface area contributed by atoms with E-state index in [0.29, 0.717) is 6.54 Å². The van der Waals surface area contributed by atoms with Gasteiger partial charge in [-0.1, -0.05) is 5.21 Å². The minimum Gasteiger partial charge on any atom is -0.375 e. The van der Waals surface area contributed by atoms with Crippen LogP contribution >= 0.6 is 0 Å². The summed E-state index contributed by atoms with van der Waals surface area (Å²) in [6.07, 6.45) is 1.79. The topological polar surface area (TPSA) is 69.2 Å². The minimum absolute atomic E-state index is 0.000839. The summed E-state index contributed by atoms with van der Waals surface area (Å²) >= 11 is 0. The van der Waals surface area contributed by atoms with Crippen LogP contribution in [0.3, 0.4) is 0 Å². The number of aryl methyl sites for hydroxylation is 1. The third-order valence-corrected chi connectivity index (χ3v) is 2.94.